The van der Waals surface area contributed by atoms with Gasteiger partial charge < -0.3 is 9.84 Å². The van der Waals surface area contributed by atoms with E-state index in [9.17, 15) is 5.11 Å². The minimum absolute atomic E-state index is 0.343. The molecular formula is C15H22O2Si. The van der Waals surface area contributed by atoms with Crippen LogP contribution in [0.2, 0.25) is 19.6 Å². The van der Waals surface area contributed by atoms with Crippen molar-refractivity contribution >= 4 is 8.07 Å². The Balaban J connectivity index is 2.21. The standard InChI is InChI=1S/C15H22O2Si/c1-18(2,3)11-7-10-15(16)13-17-12-14-8-5-4-6-9-14/h4-6,8-9,15-16H,10,12-13H2,1-3H3/t15-/m0/s1. The van der Waals surface area contributed by atoms with Crippen LogP contribution in [0, 0.1) is 11.5 Å². The van der Waals surface area contributed by atoms with Crippen molar-refractivity contribution < 1.29 is 9.84 Å². The highest BCUT2D eigenvalue weighted by Crippen LogP contribution is 2.02. The van der Waals surface area contributed by atoms with Crippen LogP contribution in [0.15, 0.2) is 30.3 Å². The number of ether oxygens (including phenoxy) is 1. The normalized spacial score (nSPS) is 12.7. The summed E-state index contributed by atoms with van der Waals surface area (Å²) in [6.45, 7) is 7.46. The fourth-order valence-corrected chi connectivity index (χ4v) is 2.01. The van der Waals surface area contributed by atoms with E-state index in [4.69, 9.17) is 4.74 Å². The van der Waals surface area contributed by atoms with E-state index in [0.717, 1.165) is 5.56 Å². The van der Waals surface area contributed by atoms with Crippen LogP contribution in [0.4, 0.5) is 0 Å². The molecule has 0 saturated carbocycles. The van der Waals surface area contributed by atoms with Gasteiger partial charge in [0, 0.05) is 6.42 Å². The summed E-state index contributed by atoms with van der Waals surface area (Å²) in [5.41, 5.74) is 4.36. The van der Waals surface area contributed by atoms with Gasteiger partial charge in [-0.1, -0.05) is 50.0 Å². The number of aliphatic hydroxyl groups excluding tert-OH is 1. The Kier molecular flexibility index (Phi) is 6.13. The van der Waals surface area contributed by atoms with Gasteiger partial charge in [0.25, 0.3) is 0 Å². The van der Waals surface area contributed by atoms with Crippen LogP contribution in [-0.4, -0.2) is 25.9 Å². The molecular weight excluding hydrogens is 240 g/mol. The Morgan fingerprint density at radius 2 is 1.89 bits per heavy atom. The molecule has 0 fully saturated rings. The van der Waals surface area contributed by atoms with E-state index in [1.807, 2.05) is 30.3 Å². The molecule has 98 valence electrons. The first-order chi connectivity index (χ1) is 8.47. The third kappa shape index (κ3) is 7.28. The van der Waals surface area contributed by atoms with Crippen LogP contribution in [0.3, 0.4) is 0 Å². The lowest BCUT2D eigenvalue weighted by atomic mass is 10.2. The number of rotatable bonds is 5. The molecule has 2 nitrogen and oxygen atoms in total. The van der Waals surface area contributed by atoms with Crippen LogP contribution in [0.25, 0.3) is 0 Å². The smallest absolute Gasteiger partial charge is 0.129 e. The number of hydrogen-bond donors (Lipinski definition) is 1. The molecule has 0 aromatic heterocycles. The Labute approximate surface area is 111 Å². The fraction of sp³-hybridized carbons (Fsp3) is 0.467. The first-order valence-corrected chi connectivity index (χ1v) is 9.77. The Bertz CT molecular complexity index is 398. The lowest BCUT2D eigenvalue weighted by molar-refractivity contribution is 0.0311. The van der Waals surface area contributed by atoms with Gasteiger partial charge in [-0.2, -0.15) is 0 Å². The first kappa shape index (κ1) is 15.0. The van der Waals surface area contributed by atoms with Crippen molar-refractivity contribution in [3.05, 3.63) is 35.9 Å². The highest BCUT2D eigenvalue weighted by molar-refractivity contribution is 6.83. The average molecular weight is 262 g/mol. The lowest BCUT2D eigenvalue weighted by Gasteiger charge is -2.09. The van der Waals surface area contributed by atoms with Gasteiger partial charge in [-0.3, -0.25) is 0 Å². The second kappa shape index (κ2) is 7.37. The molecule has 1 rings (SSSR count). The second-order valence-corrected chi connectivity index (χ2v) is 10.2. The first-order valence-electron chi connectivity index (χ1n) is 6.27. The molecule has 0 aliphatic carbocycles. The zero-order valence-electron chi connectivity index (χ0n) is 11.4. The molecule has 0 amide bonds. The van der Waals surface area contributed by atoms with Crippen LogP contribution >= 0.6 is 0 Å². The van der Waals surface area contributed by atoms with E-state index in [0.29, 0.717) is 19.6 Å². The van der Waals surface area contributed by atoms with Crippen LogP contribution in [0.1, 0.15) is 12.0 Å². The molecule has 1 N–H and O–H groups in total. The summed E-state index contributed by atoms with van der Waals surface area (Å²) in [5, 5.41) is 9.71. The van der Waals surface area contributed by atoms with Gasteiger partial charge in [-0.05, 0) is 5.56 Å². The number of aliphatic hydroxyl groups is 1. The van der Waals surface area contributed by atoms with E-state index in [-0.39, 0.29) is 0 Å². The predicted octanol–water partition coefficient (Wildman–Crippen LogP) is 2.84. The van der Waals surface area contributed by atoms with Crippen molar-refractivity contribution in [3.8, 4) is 11.5 Å². The summed E-state index contributed by atoms with van der Waals surface area (Å²) in [6.07, 6.45) is 0.0107. The Morgan fingerprint density at radius 3 is 2.50 bits per heavy atom. The van der Waals surface area contributed by atoms with Crippen LogP contribution in [-0.2, 0) is 11.3 Å². The maximum Gasteiger partial charge on any atom is 0.129 e. The minimum Gasteiger partial charge on any atom is -0.390 e. The second-order valence-electron chi connectivity index (χ2n) is 5.41. The van der Waals surface area contributed by atoms with E-state index in [2.05, 4.69) is 31.1 Å². The van der Waals surface area contributed by atoms with Crippen molar-refractivity contribution in [2.24, 2.45) is 0 Å². The zero-order valence-corrected chi connectivity index (χ0v) is 12.4. The van der Waals surface area contributed by atoms with Gasteiger partial charge in [0.1, 0.15) is 8.07 Å². The van der Waals surface area contributed by atoms with E-state index >= 15 is 0 Å². The number of benzene rings is 1. The van der Waals surface area contributed by atoms with Gasteiger partial charge in [-0.25, -0.2) is 0 Å². The van der Waals surface area contributed by atoms with E-state index in [1.165, 1.54) is 0 Å². The molecule has 0 radical (unpaired) electrons. The Hall–Kier alpha value is -1.08. The van der Waals surface area contributed by atoms with Crippen molar-refractivity contribution in [2.45, 2.75) is 38.8 Å². The van der Waals surface area contributed by atoms with Crippen LogP contribution in [0.5, 0.6) is 0 Å². The number of hydrogen-bond acceptors (Lipinski definition) is 2. The summed E-state index contributed by atoms with van der Waals surface area (Å²) in [5.74, 6) is 3.06. The van der Waals surface area contributed by atoms with Gasteiger partial charge in [0.05, 0.1) is 19.3 Å². The molecule has 3 heteroatoms. The Morgan fingerprint density at radius 1 is 1.22 bits per heavy atom. The third-order valence-electron chi connectivity index (χ3n) is 2.22. The monoisotopic (exact) mass is 262 g/mol. The zero-order chi connectivity index (χ0) is 13.4. The molecule has 1 atom stereocenters. The molecule has 1 aromatic carbocycles. The molecule has 0 heterocycles. The van der Waals surface area contributed by atoms with Gasteiger partial charge in [0.2, 0.25) is 0 Å². The average Bonchev–Trinajstić information content (AvgIpc) is 2.28. The minimum atomic E-state index is -1.32. The maximum atomic E-state index is 9.71. The summed E-state index contributed by atoms with van der Waals surface area (Å²) in [7, 11) is -1.32. The molecule has 0 saturated heterocycles. The topological polar surface area (TPSA) is 29.5 Å². The molecule has 1 aromatic rings. The predicted molar refractivity (Wildman–Crippen MR) is 77.8 cm³/mol. The summed E-state index contributed by atoms with van der Waals surface area (Å²) >= 11 is 0. The largest absolute Gasteiger partial charge is 0.390 e. The van der Waals surface area contributed by atoms with Crippen molar-refractivity contribution in [1.29, 1.82) is 0 Å². The SMILES string of the molecule is C[Si](C)(C)C#CC[C@H](O)COCc1ccccc1. The summed E-state index contributed by atoms with van der Waals surface area (Å²) in [6, 6.07) is 9.96. The highest BCUT2D eigenvalue weighted by atomic mass is 28.3. The van der Waals surface area contributed by atoms with E-state index in [1.54, 1.807) is 0 Å². The molecule has 18 heavy (non-hydrogen) atoms. The molecule has 0 aliphatic heterocycles. The van der Waals surface area contributed by atoms with Crippen molar-refractivity contribution in [2.75, 3.05) is 6.61 Å². The molecule has 0 spiro atoms. The quantitative estimate of drug-likeness (QED) is 0.653. The van der Waals surface area contributed by atoms with Gasteiger partial charge >= 0.3 is 0 Å². The maximum absolute atomic E-state index is 9.71. The molecule has 0 bridgehead atoms. The summed E-state index contributed by atoms with van der Waals surface area (Å²) < 4.78 is 5.46. The van der Waals surface area contributed by atoms with Crippen molar-refractivity contribution in [3.63, 3.8) is 0 Å². The van der Waals surface area contributed by atoms with Crippen LogP contribution < -0.4 is 0 Å². The molecule has 0 unspecified atom stereocenters. The van der Waals surface area contributed by atoms with Gasteiger partial charge in [0.15, 0.2) is 0 Å². The van der Waals surface area contributed by atoms with Crippen molar-refractivity contribution in [1.82, 2.24) is 0 Å². The highest BCUT2D eigenvalue weighted by Gasteiger charge is 2.08. The third-order valence-corrected chi connectivity index (χ3v) is 3.15. The fourth-order valence-electron chi connectivity index (χ4n) is 1.38. The van der Waals surface area contributed by atoms with E-state index < -0.39 is 14.2 Å². The summed E-state index contributed by atoms with van der Waals surface area (Å²) in [4.78, 5) is 0. The molecule has 0 aliphatic rings. The lowest BCUT2D eigenvalue weighted by Crippen LogP contribution is -2.18. The van der Waals surface area contributed by atoms with Gasteiger partial charge in [-0.15, -0.1) is 11.5 Å².